The van der Waals surface area contributed by atoms with Crippen LogP contribution in [-0.2, 0) is 0 Å². The second kappa shape index (κ2) is 4.98. The minimum Gasteiger partial charge on any atom is -0.345 e. The van der Waals surface area contributed by atoms with Crippen molar-refractivity contribution in [1.82, 2.24) is 9.97 Å². The van der Waals surface area contributed by atoms with Crippen LogP contribution in [0.25, 0.3) is 16.5 Å². The number of nitrogens with one attached hydrogen (secondary N) is 1. The first-order chi connectivity index (χ1) is 5.93. The molecule has 62 valence electrons. The number of imidazole rings is 1. The average Bonchev–Trinajstić information content (AvgIpc) is 2.57. The summed E-state index contributed by atoms with van der Waals surface area (Å²) in [6, 6.07) is 0. The van der Waals surface area contributed by atoms with Crippen molar-refractivity contribution in [3.05, 3.63) is 34.7 Å². The van der Waals surface area contributed by atoms with Gasteiger partial charge in [-0.15, -0.1) is 0 Å². The van der Waals surface area contributed by atoms with Gasteiger partial charge in [0.15, 0.2) is 0 Å². The molecule has 1 aromatic heterocycles. The standard InChI is InChI=1S/C7H9N5/c8-12-11-4-2-1-3-7-5-9-6-10-7/h1,3,5-6H,2,4H2,(H,9,10). The van der Waals surface area contributed by atoms with Gasteiger partial charge < -0.3 is 4.98 Å². The van der Waals surface area contributed by atoms with Gasteiger partial charge in [0.1, 0.15) is 0 Å². The minimum atomic E-state index is 0.501. The van der Waals surface area contributed by atoms with Gasteiger partial charge in [0, 0.05) is 11.5 Å². The van der Waals surface area contributed by atoms with Crippen LogP contribution in [0.4, 0.5) is 0 Å². The van der Waals surface area contributed by atoms with E-state index in [9.17, 15) is 0 Å². The quantitative estimate of drug-likeness (QED) is 0.314. The Balaban J connectivity index is 2.27. The number of aromatic nitrogens is 2. The first-order valence-corrected chi connectivity index (χ1v) is 3.59. The molecule has 0 saturated carbocycles. The van der Waals surface area contributed by atoms with Crippen LogP contribution in [0.3, 0.4) is 0 Å². The molecule has 0 fully saturated rings. The molecule has 0 aromatic carbocycles. The summed E-state index contributed by atoms with van der Waals surface area (Å²) in [5, 5.41) is 3.39. The second-order valence-corrected chi connectivity index (χ2v) is 2.15. The summed E-state index contributed by atoms with van der Waals surface area (Å²) in [6.45, 7) is 0.501. The van der Waals surface area contributed by atoms with Gasteiger partial charge in [-0.3, -0.25) is 0 Å². The zero-order valence-electron chi connectivity index (χ0n) is 6.51. The highest BCUT2D eigenvalue weighted by Crippen LogP contribution is 1.95. The van der Waals surface area contributed by atoms with E-state index in [4.69, 9.17) is 5.53 Å². The van der Waals surface area contributed by atoms with Crippen LogP contribution in [0, 0.1) is 0 Å². The molecule has 0 spiro atoms. The molecular formula is C7H9N5. The molecule has 0 saturated heterocycles. The molecule has 0 aliphatic carbocycles. The van der Waals surface area contributed by atoms with Gasteiger partial charge in [-0.05, 0) is 18.0 Å². The summed E-state index contributed by atoms with van der Waals surface area (Å²) in [7, 11) is 0. The van der Waals surface area contributed by atoms with E-state index in [2.05, 4.69) is 20.0 Å². The lowest BCUT2D eigenvalue weighted by Gasteiger charge is -1.83. The maximum atomic E-state index is 7.97. The second-order valence-electron chi connectivity index (χ2n) is 2.15. The van der Waals surface area contributed by atoms with Crippen LogP contribution in [-0.4, -0.2) is 16.5 Å². The molecule has 0 atom stereocenters. The summed E-state index contributed by atoms with van der Waals surface area (Å²) < 4.78 is 0. The molecule has 0 radical (unpaired) electrons. The minimum absolute atomic E-state index is 0.501. The Morgan fingerprint density at radius 1 is 1.75 bits per heavy atom. The lowest BCUT2D eigenvalue weighted by molar-refractivity contribution is 0.995. The fraction of sp³-hybridized carbons (Fsp3) is 0.286. The van der Waals surface area contributed by atoms with Gasteiger partial charge >= 0.3 is 0 Å². The maximum absolute atomic E-state index is 7.97. The van der Waals surface area contributed by atoms with Crippen molar-refractivity contribution in [1.29, 1.82) is 0 Å². The molecule has 0 aliphatic rings. The molecule has 1 aromatic rings. The Morgan fingerprint density at radius 2 is 2.67 bits per heavy atom. The van der Waals surface area contributed by atoms with Crippen LogP contribution in [0.2, 0.25) is 0 Å². The van der Waals surface area contributed by atoms with Crippen molar-refractivity contribution < 1.29 is 0 Å². The predicted molar refractivity (Wildman–Crippen MR) is 46.3 cm³/mol. The van der Waals surface area contributed by atoms with Gasteiger partial charge in [-0.25, -0.2) is 4.98 Å². The molecule has 1 rings (SSSR count). The van der Waals surface area contributed by atoms with Gasteiger partial charge in [0.25, 0.3) is 0 Å². The van der Waals surface area contributed by atoms with Crippen molar-refractivity contribution in [3.63, 3.8) is 0 Å². The topological polar surface area (TPSA) is 77.4 Å². The smallest absolute Gasteiger partial charge is 0.0924 e. The molecule has 1 heterocycles. The Morgan fingerprint density at radius 3 is 3.33 bits per heavy atom. The zero-order chi connectivity index (χ0) is 8.65. The third kappa shape index (κ3) is 2.90. The highest BCUT2D eigenvalue weighted by molar-refractivity contribution is 5.42. The van der Waals surface area contributed by atoms with Crippen LogP contribution in [0.5, 0.6) is 0 Å². The first-order valence-electron chi connectivity index (χ1n) is 3.59. The van der Waals surface area contributed by atoms with Crippen LogP contribution in [0.1, 0.15) is 12.1 Å². The molecule has 0 bridgehead atoms. The van der Waals surface area contributed by atoms with Crippen molar-refractivity contribution in [3.8, 4) is 0 Å². The van der Waals surface area contributed by atoms with E-state index < -0.39 is 0 Å². The van der Waals surface area contributed by atoms with Gasteiger partial charge in [-0.1, -0.05) is 11.2 Å². The lowest BCUT2D eigenvalue weighted by Crippen LogP contribution is -1.73. The normalized spacial score (nSPS) is 10.0. The highest BCUT2D eigenvalue weighted by Gasteiger charge is 1.83. The van der Waals surface area contributed by atoms with Crippen LogP contribution < -0.4 is 0 Å². The average molecular weight is 163 g/mol. The van der Waals surface area contributed by atoms with Crippen molar-refractivity contribution >= 4 is 6.08 Å². The summed E-state index contributed by atoms with van der Waals surface area (Å²) in [6.07, 6.45) is 7.93. The number of H-pyrrole nitrogens is 1. The van der Waals surface area contributed by atoms with Crippen LogP contribution in [0.15, 0.2) is 23.7 Å². The van der Waals surface area contributed by atoms with E-state index in [0.29, 0.717) is 6.54 Å². The zero-order valence-corrected chi connectivity index (χ0v) is 6.51. The van der Waals surface area contributed by atoms with Gasteiger partial charge in [0.05, 0.1) is 18.2 Å². The third-order valence-electron chi connectivity index (χ3n) is 1.28. The van der Waals surface area contributed by atoms with Gasteiger partial charge in [-0.2, -0.15) is 0 Å². The summed E-state index contributed by atoms with van der Waals surface area (Å²) in [5.41, 5.74) is 8.92. The summed E-state index contributed by atoms with van der Waals surface area (Å²) >= 11 is 0. The Bertz CT molecular complexity index is 281. The van der Waals surface area contributed by atoms with Crippen molar-refractivity contribution in [2.45, 2.75) is 6.42 Å². The number of hydrogen-bond acceptors (Lipinski definition) is 2. The van der Waals surface area contributed by atoms with E-state index in [-0.39, 0.29) is 0 Å². The summed E-state index contributed by atoms with van der Waals surface area (Å²) in [4.78, 5) is 9.42. The Kier molecular flexibility index (Phi) is 3.47. The predicted octanol–water partition coefficient (Wildman–Crippen LogP) is 2.12. The third-order valence-corrected chi connectivity index (χ3v) is 1.28. The molecule has 1 N–H and O–H groups in total. The van der Waals surface area contributed by atoms with E-state index in [1.165, 1.54) is 0 Å². The molecule has 0 aliphatic heterocycles. The summed E-state index contributed by atoms with van der Waals surface area (Å²) in [5.74, 6) is 0. The Hall–Kier alpha value is -1.74. The van der Waals surface area contributed by atoms with Crippen molar-refractivity contribution in [2.24, 2.45) is 5.11 Å². The SMILES string of the molecule is [N-]=[N+]=NCCC=Cc1cnc[nH]1. The van der Waals surface area contributed by atoms with Crippen LogP contribution >= 0.6 is 0 Å². The lowest BCUT2D eigenvalue weighted by atomic mass is 10.3. The first kappa shape index (κ1) is 8.36. The number of nitrogens with zero attached hydrogens (tertiary/aromatic N) is 4. The van der Waals surface area contributed by atoms with E-state index >= 15 is 0 Å². The molecule has 0 amide bonds. The molecule has 5 heteroatoms. The van der Waals surface area contributed by atoms with Gasteiger partial charge in [0.2, 0.25) is 0 Å². The molecule has 0 unspecified atom stereocenters. The number of azide groups is 1. The fourth-order valence-corrected chi connectivity index (χ4v) is 0.745. The van der Waals surface area contributed by atoms with Crippen molar-refractivity contribution in [2.75, 3.05) is 6.54 Å². The number of rotatable bonds is 4. The highest BCUT2D eigenvalue weighted by atomic mass is 15.1. The van der Waals surface area contributed by atoms with E-state index in [1.807, 2.05) is 12.2 Å². The molecular weight excluding hydrogens is 154 g/mol. The number of aromatic amines is 1. The largest absolute Gasteiger partial charge is 0.345 e. The Labute approximate surface area is 69.8 Å². The molecule has 5 nitrogen and oxygen atoms in total. The fourth-order valence-electron chi connectivity index (χ4n) is 0.745. The maximum Gasteiger partial charge on any atom is 0.0924 e. The van der Waals surface area contributed by atoms with E-state index in [0.717, 1.165) is 12.1 Å². The molecule has 12 heavy (non-hydrogen) atoms. The number of hydrogen-bond donors (Lipinski definition) is 1. The monoisotopic (exact) mass is 163 g/mol. The van der Waals surface area contributed by atoms with E-state index in [1.54, 1.807) is 12.5 Å².